The van der Waals surface area contributed by atoms with E-state index >= 15 is 0 Å². The molecule has 0 fully saturated rings. The smallest absolute Gasteiger partial charge is 0.121 e. The average Bonchev–Trinajstić information content (AvgIpc) is 2.81. The Morgan fingerprint density at radius 1 is 1.35 bits per heavy atom. The van der Waals surface area contributed by atoms with Crippen LogP contribution in [0.1, 0.15) is 13.3 Å². The van der Waals surface area contributed by atoms with Crippen LogP contribution < -0.4 is 15.9 Å². The molecule has 0 aliphatic heterocycles. The molecule has 1 aliphatic carbocycles. The van der Waals surface area contributed by atoms with Crippen molar-refractivity contribution in [3.05, 3.63) is 40.8 Å². The van der Waals surface area contributed by atoms with Crippen molar-refractivity contribution >= 4 is 22.8 Å². The van der Waals surface area contributed by atoms with Gasteiger partial charge in [-0.15, -0.1) is 5.23 Å². The number of anilines is 3. The molecule has 0 spiro atoms. The normalized spacial score (nSPS) is 19.4. The summed E-state index contributed by atoms with van der Waals surface area (Å²) in [5, 5.41) is 42.9. The van der Waals surface area contributed by atoms with E-state index in [2.05, 4.69) is 10.5 Å². The molecule has 0 heterocycles. The first-order valence-electron chi connectivity index (χ1n) is 5.95. The highest BCUT2D eigenvalue weighted by atomic mass is 16.8. The maximum Gasteiger partial charge on any atom is 0.121 e. The molecule has 1 atom stereocenters. The van der Waals surface area contributed by atoms with Gasteiger partial charge in [0.1, 0.15) is 5.69 Å². The van der Waals surface area contributed by atoms with Crippen LogP contribution >= 0.6 is 0 Å². The first-order valence-corrected chi connectivity index (χ1v) is 5.95. The zero-order valence-electron chi connectivity index (χ0n) is 10.7. The van der Waals surface area contributed by atoms with E-state index in [9.17, 15) is 10.4 Å². The maximum atomic E-state index is 10.7. The van der Waals surface area contributed by atoms with Gasteiger partial charge >= 0.3 is 0 Å². The topological polar surface area (TPSA) is 117 Å². The van der Waals surface area contributed by atoms with Crippen molar-refractivity contribution in [2.24, 2.45) is 11.0 Å². The predicted molar refractivity (Wildman–Crippen MR) is 75.7 cm³/mol. The van der Waals surface area contributed by atoms with Crippen LogP contribution in [-0.2, 0) is 0 Å². The van der Waals surface area contributed by atoms with Crippen LogP contribution in [0.4, 0.5) is 17.1 Å². The van der Waals surface area contributed by atoms with Gasteiger partial charge in [-0.2, -0.15) is 5.10 Å². The van der Waals surface area contributed by atoms with Gasteiger partial charge in [0, 0.05) is 11.6 Å². The largest absolute Gasteiger partial charge is 0.769 e. The molecule has 20 heavy (non-hydrogen) atoms. The molecular weight excluding hydrogens is 264 g/mol. The van der Waals surface area contributed by atoms with Crippen molar-refractivity contribution in [3.63, 3.8) is 0 Å². The third-order valence-corrected chi connectivity index (χ3v) is 3.00. The lowest BCUT2D eigenvalue weighted by atomic mass is 10.1. The highest BCUT2D eigenvalue weighted by molar-refractivity contribution is 5.99. The Morgan fingerprint density at radius 3 is 2.65 bits per heavy atom. The fourth-order valence-electron chi connectivity index (χ4n) is 1.84. The fraction of sp³-hybridized carbons (Fsp3) is 0.250. The van der Waals surface area contributed by atoms with Gasteiger partial charge in [0.2, 0.25) is 0 Å². The Labute approximate surface area is 115 Å². The fourth-order valence-corrected chi connectivity index (χ4v) is 1.84. The van der Waals surface area contributed by atoms with Crippen LogP contribution in [-0.4, -0.2) is 16.1 Å². The highest BCUT2D eigenvalue weighted by Gasteiger charge is 2.13. The van der Waals surface area contributed by atoms with Crippen LogP contribution in [0.5, 0.6) is 0 Å². The van der Waals surface area contributed by atoms with Crippen LogP contribution in [0.25, 0.3) is 0 Å². The summed E-state index contributed by atoms with van der Waals surface area (Å²) in [5.74, 6) is 0.281. The summed E-state index contributed by atoms with van der Waals surface area (Å²) in [6, 6.07) is 3.65. The van der Waals surface area contributed by atoms with Gasteiger partial charge in [-0.25, -0.2) is 0 Å². The lowest BCUT2D eigenvalue weighted by Gasteiger charge is -2.37. The SMILES string of the molecule is C[C@@H]1CC=CC1=NNc1ccc(N([O-])[O-])cc1N(O)O. The molecule has 3 N–H and O–H groups in total. The number of benzene rings is 1. The van der Waals surface area contributed by atoms with E-state index in [0.29, 0.717) is 0 Å². The lowest BCUT2D eigenvalue weighted by Crippen LogP contribution is -2.15. The number of hydrazone groups is 1. The maximum absolute atomic E-state index is 10.7. The summed E-state index contributed by atoms with van der Waals surface area (Å²) in [6.07, 6.45) is 4.77. The molecule has 0 aromatic heterocycles. The summed E-state index contributed by atoms with van der Waals surface area (Å²) in [7, 11) is 0. The summed E-state index contributed by atoms with van der Waals surface area (Å²) in [5.41, 5.74) is 3.36. The number of hydrogen-bond donors (Lipinski definition) is 3. The third-order valence-electron chi connectivity index (χ3n) is 3.00. The van der Waals surface area contributed by atoms with E-state index in [-0.39, 0.29) is 28.2 Å². The Bertz CT molecular complexity index is 542. The predicted octanol–water partition coefficient (Wildman–Crippen LogP) is 2.44. The van der Waals surface area contributed by atoms with Crippen molar-refractivity contribution < 1.29 is 10.4 Å². The second-order valence-corrected chi connectivity index (χ2v) is 4.44. The molecule has 0 saturated carbocycles. The van der Waals surface area contributed by atoms with E-state index in [1.54, 1.807) is 0 Å². The van der Waals surface area contributed by atoms with Crippen molar-refractivity contribution in [1.82, 2.24) is 0 Å². The molecule has 8 heteroatoms. The third kappa shape index (κ3) is 3.06. The Balaban J connectivity index is 2.25. The monoisotopic (exact) mass is 278 g/mol. The van der Waals surface area contributed by atoms with Gasteiger partial charge < -0.3 is 15.6 Å². The van der Waals surface area contributed by atoms with E-state index in [0.717, 1.165) is 18.2 Å². The summed E-state index contributed by atoms with van der Waals surface area (Å²) in [4.78, 5) is 0. The average molecular weight is 278 g/mol. The van der Waals surface area contributed by atoms with Crippen LogP contribution in [0.15, 0.2) is 35.5 Å². The number of nitrogens with one attached hydrogen (secondary N) is 1. The Hall–Kier alpha value is -2.13. The van der Waals surface area contributed by atoms with E-state index in [1.165, 1.54) is 12.1 Å². The van der Waals surface area contributed by atoms with Gasteiger partial charge in [-0.1, -0.05) is 13.0 Å². The van der Waals surface area contributed by atoms with E-state index in [1.807, 2.05) is 19.1 Å². The molecule has 0 amide bonds. The van der Waals surface area contributed by atoms with Crippen LogP contribution in [0.3, 0.4) is 0 Å². The van der Waals surface area contributed by atoms with E-state index < -0.39 is 5.23 Å². The van der Waals surface area contributed by atoms with Gasteiger partial charge in [-0.05, 0) is 30.7 Å². The lowest BCUT2D eigenvalue weighted by molar-refractivity contribution is 0.0295. The first-order chi connectivity index (χ1) is 9.49. The minimum absolute atomic E-state index is 0.154. The van der Waals surface area contributed by atoms with Crippen molar-refractivity contribution in [2.75, 3.05) is 15.9 Å². The van der Waals surface area contributed by atoms with Gasteiger partial charge in [0.25, 0.3) is 0 Å². The number of allylic oxidation sites excluding steroid dienone is 2. The standard InChI is InChI=1S/C12H14N4O4/c1-8-3-2-4-10(8)13-14-11-6-5-9(15(17)18)7-12(11)16(19)20/h2,4-8,14,19-20H,3H2,1H3/q-2/t8-/m1/s1. The second-order valence-electron chi connectivity index (χ2n) is 4.44. The van der Waals surface area contributed by atoms with Crippen LogP contribution in [0, 0.1) is 16.3 Å². The van der Waals surface area contributed by atoms with Crippen molar-refractivity contribution in [1.29, 1.82) is 0 Å². The zero-order valence-corrected chi connectivity index (χ0v) is 10.7. The van der Waals surface area contributed by atoms with Crippen molar-refractivity contribution in [3.8, 4) is 0 Å². The summed E-state index contributed by atoms with van der Waals surface area (Å²) in [6.45, 7) is 2.02. The molecule has 2 rings (SSSR count). The Morgan fingerprint density at radius 2 is 2.10 bits per heavy atom. The molecule has 0 radical (unpaired) electrons. The Kier molecular flexibility index (Phi) is 4.20. The molecule has 8 nitrogen and oxygen atoms in total. The molecule has 0 bridgehead atoms. The molecular formula is C12H14N4O4-2. The first kappa shape index (κ1) is 14.3. The summed E-state index contributed by atoms with van der Waals surface area (Å²) < 4.78 is 0. The molecule has 108 valence electrons. The molecule has 1 aliphatic rings. The molecule has 1 aromatic rings. The number of hydrogen-bond acceptors (Lipinski definition) is 8. The van der Waals surface area contributed by atoms with E-state index in [4.69, 9.17) is 10.4 Å². The van der Waals surface area contributed by atoms with Gasteiger partial charge in [0.05, 0.1) is 11.4 Å². The molecule has 0 unspecified atom stereocenters. The molecule has 1 aromatic carbocycles. The molecule has 0 saturated heterocycles. The van der Waals surface area contributed by atoms with Crippen molar-refractivity contribution in [2.45, 2.75) is 13.3 Å². The highest BCUT2D eigenvalue weighted by Crippen LogP contribution is 2.29. The number of rotatable bonds is 4. The zero-order chi connectivity index (χ0) is 14.7. The second kappa shape index (κ2) is 5.88. The van der Waals surface area contributed by atoms with Crippen LogP contribution in [0.2, 0.25) is 0 Å². The quantitative estimate of drug-likeness (QED) is 0.724. The van der Waals surface area contributed by atoms with Gasteiger partial charge in [-0.3, -0.25) is 15.8 Å². The minimum atomic E-state index is -0.621. The number of nitrogens with zero attached hydrogens (tertiary/aromatic N) is 3. The summed E-state index contributed by atoms with van der Waals surface area (Å²) >= 11 is 0. The van der Waals surface area contributed by atoms with Gasteiger partial charge in [0.15, 0.2) is 0 Å². The minimum Gasteiger partial charge on any atom is -0.769 e.